The van der Waals surface area contributed by atoms with E-state index in [4.69, 9.17) is 0 Å². The Morgan fingerprint density at radius 1 is 1.27 bits per heavy atom. The highest BCUT2D eigenvalue weighted by atomic mass is 16.3. The van der Waals surface area contributed by atoms with Crippen LogP contribution in [0.1, 0.15) is 5.69 Å². The zero-order valence-electron chi connectivity index (χ0n) is 12.2. The lowest BCUT2D eigenvalue weighted by Gasteiger charge is -2.23. The molecule has 1 aliphatic rings. The number of carbonyl (C=O) groups is 1. The third-order valence-electron chi connectivity index (χ3n) is 3.78. The Balaban J connectivity index is 1.65. The lowest BCUT2D eigenvalue weighted by Crippen LogP contribution is -2.38. The number of amides is 1. The number of β-amino-alcohol motifs (C(OH)–C–C–N with tert-alkyl or cyclic N) is 1. The van der Waals surface area contributed by atoms with Crippen LogP contribution >= 0.6 is 0 Å². The molecule has 3 rings (SSSR count). The molecule has 1 saturated heterocycles. The number of rotatable bonds is 3. The van der Waals surface area contributed by atoms with Crippen LogP contribution in [0.5, 0.6) is 0 Å². The molecular weight excluding hydrogens is 282 g/mol. The summed E-state index contributed by atoms with van der Waals surface area (Å²) < 4.78 is 0. The van der Waals surface area contributed by atoms with Crippen molar-refractivity contribution in [2.24, 2.45) is 0 Å². The van der Waals surface area contributed by atoms with E-state index < -0.39 is 6.10 Å². The molecule has 116 valence electrons. The molecule has 0 radical (unpaired) electrons. The minimum Gasteiger partial charge on any atom is -0.389 e. The summed E-state index contributed by atoms with van der Waals surface area (Å²) in [6.07, 6.45) is 6.38. The van der Waals surface area contributed by atoms with Crippen LogP contribution in [0.15, 0.2) is 37.1 Å². The van der Waals surface area contributed by atoms with Crippen LogP contribution < -0.4 is 4.90 Å². The van der Waals surface area contributed by atoms with Crippen molar-refractivity contribution in [2.75, 3.05) is 31.1 Å². The molecule has 0 unspecified atom stereocenters. The van der Waals surface area contributed by atoms with Crippen molar-refractivity contribution in [1.82, 2.24) is 19.9 Å². The van der Waals surface area contributed by atoms with Gasteiger partial charge in [-0.15, -0.1) is 0 Å². The number of aromatic amines is 1. The topological polar surface area (TPSA) is 85.4 Å². The van der Waals surface area contributed by atoms with Gasteiger partial charge < -0.3 is 19.9 Å². The molecule has 7 heteroatoms. The summed E-state index contributed by atoms with van der Waals surface area (Å²) in [5.74, 6) is -0.000113. The molecule has 7 nitrogen and oxygen atoms in total. The number of aliphatic hydroxyl groups is 1. The van der Waals surface area contributed by atoms with Gasteiger partial charge in [0.15, 0.2) is 0 Å². The first-order valence-corrected chi connectivity index (χ1v) is 7.30. The van der Waals surface area contributed by atoms with E-state index in [2.05, 4.69) is 19.9 Å². The second-order valence-corrected chi connectivity index (χ2v) is 5.40. The van der Waals surface area contributed by atoms with Crippen molar-refractivity contribution in [3.63, 3.8) is 0 Å². The number of aliphatic hydroxyl groups excluding tert-OH is 1. The van der Waals surface area contributed by atoms with Gasteiger partial charge in [0, 0.05) is 56.2 Å². The van der Waals surface area contributed by atoms with E-state index in [1.807, 2.05) is 12.1 Å². The lowest BCUT2D eigenvalue weighted by atomic mass is 10.2. The molecule has 0 bridgehead atoms. The normalized spacial score (nSPS) is 19.0. The Labute approximate surface area is 128 Å². The third kappa shape index (κ3) is 3.43. The zero-order valence-corrected chi connectivity index (χ0v) is 12.2. The van der Waals surface area contributed by atoms with Gasteiger partial charge in [-0.3, -0.25) is 9.78 Å². The fourth-order valence-corrected chi connectivity index (χ4v) is 2.66. The van der Waals surface area contributed by atoms with E-state index in [0.29, 0.717) is 26.2 Å². The molecular formula is C15H19N5O2. The molecule has 1 amide bonds. The van der Waals surface area contributed by atoms with E-state index in [0.717, 1.165) is 11.4 Å². The van der Waals surface area contributed by atoms with E-state index in [9.17, 15) is 9.90 Å². The highest BCUT2D eigenvalue weighted by molar-refractivity contribution is 5.78. The molecule has 0 spiro atoms. The van der Waals surface area contributed by atoms with Crippen molar-refractivity contribution in [3.8, 4) is 0 Å². The van der Waals surface area contributed by atoms with Crippen LogP contribution in [-0.4, -0.2) is 63.1 Å². The van der Waals surface area contributed by atoms with E-state index in [1.165, 1.54) is 0 Å². The molecule has 2 aromatic rings. The fourth-order valence-electron chi connectivity index (χ4n) is 2.66. The predicted molar refractivity (Wildman–Crippen MR) is 81.3 cm³/mol. The molecule has 2 aromatic heterocycles. The molecule has 0 saturated carbocycles. The van der Waals surface area contributed by atoms with Crippen molar-refractivity contribution in [1.29, 1.82) is 0 Å². The second kappa shape index (κ2) is 6.57. The van der Waals surface area contributed by atoms with Crippen molar-refractivity contribution in [2.45, 2.75) is 12.5 Å². The number of aromatic nitrogens is 3. The average Bonchev–Trinajstić information content (AvgIpc) is 2.95. The summed E-state index contributed by atoms with van der Waals surface area (Å²) >= 11 is 0. The van der Waals surface area contributed by atoms with Gasteiger partial charge in [-0.25, -0.2) is 4.98 Å². The maximum absolute atomic E-state index is 12.3. The van der Waals surface area contributed by atoms with E-state index >= 15 is 0 Å². The summed E-state index contributed by atoms with van der Waals surface area (Å²) in [5, 5.41) is 10.2. The van der Waals surface area contributed by atoms with E-state index in [-0.39, 0.29) is 12.3 Å². The minimum atomic E-state index is -0.568. The van der Waals surface area contributed by atoms with Gasteiger partial charge in [0.2, 0.25) is 5.91 Å². The maximum Gasteiger partial charge on any atom is 0.228 e. The first-order chi connectivity index (χ1) is 10.7. The molecule has 1 fully saturated rings. The number of nitrogens with zero attached hydrogens (tertiary/aromatic N) is 4. The van der Waals surface area contributed by atoms with Crippen molar-refractivity contribution >= 4 is 11.6 Å². The maximum atomic E-state index is 12.3. The fraction of sp³-hybridized carbons (Fsp3) is 0.400. The number of hydrogen-bond acceptors (Lipinski definition) is 5. The first kappa shape index (κ1) is 14.5. The van der Waals surface area contributed by atoms with Gasteiger partial charge in [-0.1, -0.05) is 0 Å². The number of anilines is 1. The summed E-state index contributed by atoms with van der Waals surface area (Å²) in [5.41, 5.74) is 1.80. The second-order valence-electron chi connectivity index (χ2n) is 5.40. The molecule has 22 heavy (non-hydrogen) atoms. The Morgan fingerprint density at radius 3 is 2.82 bits per heavy atom. The summed E-state index contributed by atoms with van der Waals surface area (Å²) in [6.45, 7) is 2.15. The van der Waals surface area contributed by atoms with Crippen LogP contribution in [0, 0.1) is 0 Å². The molecule has 1 aliphatic heterocycles. The van der Waals surface area contributed by atoms with Crippen LogP contribution in [-0.2, 0) is 11.2 Å². The zero-order chi connectivity index (χ0) is 15.4. The van der Waals surface area contributed by atoms with Crippen molar-refractivity contribution in [3.05, 3.63) is 42.7 Å². The molecule has 2 N–H and O–H groups in total. The van der Waals surface area contributed by atoms with Gasteiger partial charge in [0.25, 0.3) is 0 Å². The lowest BCUT2D eigenvalue weighted by molar-refractivity contribution is -0.131. The number of carbonyl (C=O) groups excluding carboxylic acids is 1. The minimum absolute atomic E-state index is 0.000113. The summed E-state index contributed by atoms with van der Waals surface area (Å²) in [4.78, 5) is 27.0. The molecule has 3 heterocycles. The highest BCUT2D eigenvalue weighted by Crippen LogP contribution is 2.15. The number of imidazole rings is 1. The highest BCUT2D eigenvalue weighted by Gasteiger charge is 2.24. The molecule has 0 aromatic carbocycles. The predicted octanol–water partition coefficient (Wildman–Crippen LogP) is 0.0569. The van der Waals surface area contributed by atoms with Gasteiger partial charge in [-0.05, 0) is 12.1 Å². The Morgan fingerprint density at radius 2 is 2.09 bits per heavy atom. The van der Waals surface area contributed by atoms with Crippen LogP contribution in [0.25, 0.3) is 0 Å². The Bertz CT molecular complexity index is 602. The number of H-pyrrole nitrogens is 1. The smallest absolute Gasteiger partial charge is 0.228 e. The molecule has 1 atom stereocenters. The number of nitrogens with one attached hydrogen (secondary N) is 1. The van der Waals surface area contributed by atoms with Gasteiger partial charge >= 0.3 is 0 Å². The number of pyridine rings is 1. The standard InChI is InChI=1S/C15H19N5O2/c21-14-9-19(13-1-3-16-4-2-13)5-6-20(10-14)15(22)7-12-8-17-11-18-12/h1-4,8,11,14,21H,5-7,9-10H2,(H,17,18)/t14-/m0/s1. The summed E-state index contributed by atoms with van der Waals surface area (Å²) in [6, 6.07) is 3.82. The van der Waals surface area contributed by atoms with Crippen molar-refractivity contribution < 1.29 is 9.90 Å². The Hall–Kier alpha value is -2.41. The first-order valence-electron chi connectivity index (χ1n) is 7.30. The quantitative estimate of drug-likeness (QED) is 0.837. The van der Waals surface area contributed by atoms with Gasteiger partial charge in [0.1, 0.15) is 0 Å². The van der Waals surface area contributed by atoms with Crippen LogP contribution in [0.3, 0.4) is 0 Å². The van der Waals surface area contributed by atoms with Gasteiger partial charge in [0.05, 0.1) is 18.9 Å². The van der Waals surface area contributed by atoms with Crippen LogP contribution in [0.4, 0.5) is 5.69 Å². The summed E-state index contributed by atoms with van der Waals surface area (Å²) in [7, 11) is 0. The van der Waals surface area contributed by atoms with Crippen LogP contribution in [0.2, 0.25) is 0 Å². The third-order valence-corrected chi connectivity index (χ3v) is 3.78. The average molecular weight is 301 g/mol. The van der Waals surface area contributed by atoms with Gasteiger partial charge in [-0.2, -0.15) is 0 Å². The van der Waals surface area contributed by atoms with E-state index in [1.54, 1.807) is 29.8 Å². The monoisotopic (exact) mass is 301 g/mol. The SMILES string of the molecule is O=C(Cc1cnc[nH]1)N1CCN(c2ccncc2)C[C@H](O)C1. The number of hydrogen-bond donors (Lipinski definition) is 2. The largest absolute Gasteiger partial charge is 0.389 e. The Kier molecular flexibility index (Phi) is 4.34. The molecule has 0 aliphatic carbocycles.